The molecular weight excluding hydrogens is 254 g/mol. The largest absolute Gasteiger partial charge is 0.325 e. The van der Waals surface area contributed by atoms with E-state index in [9.17, 15) is 0 Å². The van der Waals surface area contributed by atoms with Crippen LogP contribution in [0.1, 0.15) is 11.4 Å². The molecule has 0 saturated heterocycles. The van der Waals surface area contributed by atoms with Gasteiger partial charge in [0.05, 0.1) is 11.4 Å². The molecule has 0 atom stereocenters. The minimum atomic E-state index is 0.471. The van der Waals surface area contributed by atoms with E-state index in [1.165, 1.54) is 0 Å². The molecule has 1 aromatic carbocycles. The third-order valence-electron chi connectivity index (χ3n) is 2.23. The van der Waals surface area contributed by atoms with Gasteiger partial charge in [0, 0.05) is 16.7 Å². The van der Waals surface area contributed by atoms with Crippen molar-refractivity contribution in [2.24, 2.45) is 5.73 Å². The number of nitrogens with two attached hydrogens (primary N) is 1. The molecule has 2 aromatic rings. The van der Waals surface area contributed by atoms with Crippen molar-refractivity contribution in [3.63, 3.8) is 0 Å². The Morgan fingerprint density at radius 3 is 2.73 bits per heavy atom. The highest BCUT2D eigenvalue weighted by Crippen LogP contribution is 2.21. The summed E-state index contributed by atoms with van der Waals surface area (Å²) in [6.07, 6.45) is 0. The van der Waals surface area contributed by atoms with Gasteiger partial charge in [0.1, 0.15) is 0 Å². The van der Waals surface area contributed by atoms with Crippen LogP contribution >= 0.6 is 15.9 Å². The summed E-state index contributed by atoms with van der Waals surface area (Å²) in [5.74, 6) is 0. The van der Waals surface area contributed by atoms with Crippen LogP contribution < -0.4 is 5.73 Å². The number of hydrogen-bond donors (Lipinski definition) is 1. The summed E-state index contributed by atoms with van der Waals surface area (Å²) in [4.78, 5) is 0. The summed E-state index contributed by atoms with van der Waals surface area (Å²) < 4.78 is 2.92. The van der Waals surface area contributed by atoms with Crippen LogP contribution in [0.3, 0.4) is 0 Å². The van der Waals surface area contributed by atoms with Gasteiger partial charge in [0.2, 0.25) is 0 Å². The molecule has 2 N–H and O–H groups in total. The maximum Gasteiger partial charge on any atom is 0.0790 e. The third kappa shape index (κ3) is 1.96. The van der Waals surface area contributed by atoms with Gasteiger partial charge in [0.15, 0.2) is 0 Å². The van der Waals surface area contributed by atoms with Crippen LogP contribution in [0.2, 0.25) is 0 Å². The second-order valence-corrected chi connectivity index (χ2v) is 4.20. The van der Waals surface area contributed by atoms with Crippen LogP contribution in [0.4, 0.5) is 0 Å². The van der Waals surface area contributed by atoms with Gasteiger partial charge in [-0.1, -0.05) is 12.1 Å². The average Bonchev–Trinajstić information content (AvgIpc) is 2.60. The zero-order chi connectivity index (χ0) is 10.8. The number of para-hydroxylation sites is 1. The van der Waals surface area contributed by atoms with Crippen molar-refractivity contribution in [3.8, 4) is 5.69 Å². The van der Waals surface area contributed by atoms with Gasteiger partial charge >= 0.3 is 0 Å². The Hall–Kier alpha value is -1.13. The van der Waals surface area contributed by atoms with E-state index in [0.717, 1.165) is 21.5 Å². The van der Waals surface area contributed by atoms with Crippen LogP contribution in [0.15, 0.2) is 34.8 Å². The van der Waals surface area contributed by atoms with E-state index in [2.05, 4.69) is 21.0 Å². The van der Waals surface area contributed by atoms with Crippen molar-refractivity contribution in [1.29, 1.82) is 0 Å². The number of nitrogens with zero attached hydrogens (tertiary/aromatic N) is 2. The molecule has 15 heavy (non-hydrogen) atoms. The number of benzene rings is 1. The molecule has 0 amide bonds. The summed E-state index contributed by atoms with van der Waals surface area (Å²) in [6, 6.07) is 9.99. The van der Waals surface area contributed by atoms with Gasteiger partial charge in [-0.2, -0.15) is 5.10 Å². The Morgan fingerprint density at radius 1 is 1.40 bits per heavy atom. The van der Waals surface area contributed by atoms with Crippen LogP contribution in [0.25, 0.3) is 5.69 Å². The Balaban J connectivity index is 2.54. The number of rotatable bonds is 2. The van der Waals surface area contributed by atoms with Gasteiger partial charge in [0.25, 0.3) is 0 Å². The molecule has 78 valence electrons. The number of halogens is 1. The SMILES string of the molecule is Cc1cc(CN)nn1-c1ccccc1Br. The van der Waals surface area contributed by atoms with Crippen molar-refractivity contribution in [1.82, 2.24) is 9.78 Å². The lowest BCUT2D eigenvalue weighted by Crippen LogP contribution is -2.02. The Kier molecular flexibility index (Phi) is 2.88. The maximum atomic E-state index is 5.56. The van der Waals surface area contributed by atoms with Crippen LogP contribution in [0.5, 0.6) is 0 Å². The summed E-state index contributed by atoms with van der Waals surface area (Å²) in [7, 11) is 0. The Bertz CT molecular complexity index is 476. The maximum absolute atomic E-state index is 5.56. The molecule has 0 saturated carbocycles. The zero-order valence-corrected chi connectivity index (χ0v) is 10.0. The molecule has 0 radical (unpaired) electrons. The molecule has 0 fully saturated rings. The Morgan fingerprint density at radius 2 is 2.13 bits per heavy atom. The highest BCUT2D eigenvalue weighted by molar-refractivity contribution is 9.10. The topological polar surface area (TPSA) is 43.8 Å². The van der Waals surface area contributed by atoms with Crippen LogP contribution in [-0.4, -0.2) is 9.78 Å². The summed E-state index contributed by atoms with van der Waals surface area (Å²) in [5, 5.41) is 4.42. The van der Waals surface area contributed by atoms with Gasteiger partial charge in [-0.05, 0) is 41.1 Å². The molecule has 0 bridgehead atoms. The van der Waals surface area contributed by atoms with Crippen molar-refractivity contribution in [2.45, 2.75) is 13.5 Å². The minimum absolute atomic E-state index is 0.471. The van der Waals surface area contributed by atoms with E-state index in [-0.39, 0.29) is 0 Å². The van der Waals surface area contributed by atoms with Crippen LogP contribution in [-0.2, 0) is 6.54 Å². The van der Waals surface area contributed by atoms with E-state index in [0.29, 0.717) is 6.54 Å². The lowest BCUT2D eigenvalue weighted by molar-refractivity contribution is 0.809. The summed E-state index contributed by atoms with van der Waals surface area (Å²) in [5.41, 5.74) is 8.59. The monoisotopic (exact) mass is 265 g/mol. The quantitative estimate of drug-likeness (QED) is 0.907. The Labute approximate surface area is 97.0 Å². The fraction of sp³-hybridized carbons (Fsp3) is 0.182. The fourth-order valence-corrected chi connectivity index (χ4v) is 1.96. The van der Waals surface area contributed by atoms with Gasteiger partial charge in [-0.25, -0.2) is 4.68 Å². The molecule has 1 aromatic heterocycles. The summed E-state index contributed by atoms with van der Waals surface area (Å²) >= 11 is 3.51. The van der Waals surface area contributed by atoms with Crippen molar-refractivity contribution >= 4 is 15.9 Å². The summed E-state index contributed by atoms with van der Waals surface area (Å²) in [6.45, 7) is 2.49. The van der Waals surface area contributed by atoms with E-state index in [1.54, 1.807) is 0 Å². The molecule has 2 rings (SSSR count). The van der Waals surface area contributed by atoms with Crippen molar-refractivity contribution < 1.29 is 0 Å². The molecule has 0 aliphatic carbocycles. The lowest BCUT2D eigenvalue weighted by atomic mass is 10.3. The van der Waals surface area contributed by atoms with Crippen molar-refractivity contribution in [2.75, 3.05) is 0 Å². The van der Waals surface area contributed by atoms with E-state index >= 15 is 0 Å². The average molecular weight is 266 g/mol. The first-order valence-electron chi connectivity index (χ1n) is 4.73. The molecule has 0 unspecified atom stereocenters. The van der Waals surface area contributed by atoms with E-state index in [4.69, 9.17) is 5.73 Å². The highest BCUT2D eigenvalue weighted by atomic mass is 79.9. The third-order valence-corrected chi connectivity index (χ3v) is 2.90. The molecule has 1 heterocycles. The predicted octanol–water partition coefficient (Wildman–Crippen LogP) is 2.40. The number of aromatic nitrogens is 2. The van der Waals surface area contributed by atoms with Crippen LogP contribution in [0, 0.1) is 6.92 Å². The first-order chi connectivity index (χ1) is 7.22. The standard InChI is InChI=1S/C11H12BrN3/c1-8-6-9(7-13)14-15(8)11-5-3-2-4-10(11)12/h2-6H,7,13H2,1H3. The van der Waals surface area contributed by atoms with Gasteiger partial charge in [-0.3, -0.25) is 0 Å². The fourth-order valence-electron chi connectivity index (χ4n) is 1.51. The normalized spacial score (nSPS) is 10.6. The number of aryl methyl sites for hydroxylation is 1. The minimum Gasteiger partial charge on any atom is -0.325 e. The van der Waals surface area contributed by atoms with E-state index in [1.807, 2.05) is 41.9 Å². The number of hydrogen-bond acceptors (Lipinski definition) is 2. The molecule has 4 heteroatoms. The highest BCUT2D eigenvalue weighted by Gasteiger charge is 2.07. The van der Waals surface area contributed by atoms with Gasteiger partial charge in [-0.15, -0.1) is 0 Å². The second-order valence-electron chi connectivity index (χ2n) is 3.34. The van der Waals surface area contributed by atoms with Crippen molar-refractivity contribution in [3.05, 3.63) is 46.2 Å². The smallest absolute Gasteiger partial charge is 0.0790 e. The predicted molar refractivity (Wildman–Crippen MR) is 63.9 cm³/mol. The molecule has 0 aliphatic heterocycles. The van der Waals surface area contributed by atoms with E-state index < -0.39 is 0 Å². The molecule has 0 spiro atoms. The second kappa shape index (κ2) is 4.16. The first kappa shape index (κ1) is 10.4. The first-order valence-corrected chi connectivity index (χ1v) is 5.52. The van der Waals surface area contributed by atoms with Gasteiger partial charge < -0.3 is 5.73 Å². The molecular formula is C11H12BrN3. The zero-order valence-electron chi connectivity index (χ0n) is 8.44. The molecule has 3 nitrogen and oxygen atoms in total. The lowest BCUT2D eigenvalue weighted by Gasteiger charge is -2.05. The molecule has 0 aliphatic rings.